The number of unbranched alkanes of at least 4 members (excludes halogenated alkanes) is 10. The number of carbonyl (C=O) groups excluding carboxylic acids is 1. The van der Waals surface area contributed by atoms with Gasteiger partial charge in [0, 0.05) is 6.42 Å². The van der Waals surface area contributed by atoms with Gasteiger partial charge in [0.25, 0.3) is 0 Å². The zero-order valence-corrected chi connectivity index (χ0v) is 14.7. The van der Waals surface area contributed by atoms with E-state index >= 15 is 0 Å². The zero-order valence-electron chi connectivity index (χ0n) is 12.8. The molecule has 0 heterocycles. The van der Waals surface area contributed by atoms with Gasteiger partial charge in [-0.15, -0.1) is 12.6 Å². The van der Waals surface area contributed by atoms with Crippen molar-refractivity contribution >= 4 is 17.7 Å². The molecule has 0 aliphatic rings. The summed E-state index contributed by atoms with van der Waals surface area (Å²) >= 11 is 3.76. The summed E-state index contributed by atoms with van der Waals surface area (Å²) in [5.41, 5.74) is 0. The first-order valence-corrected chi connectivity index (χ1v) is 7.44. The third kappa shape index (κ3) is 19.5. The van der Waals surface area contributed by atoms with Crippen LogP contribution in [-0.4, -0.2) is 5.12 Å². The molecular weight excluding hydrogens is 239 g/mol. The largest absolute Gasteiger partial charge is 1.00 e. The van der Waals surface area contributed by atoms with Crippen LogP contribution in [0.1, 0.15) is 85.4 Å². The quantitative estimate of drug-likeness (QED) is 0.326. The predicted molar refractivity (Wildman–Crippen MR) is 76.2 cm³/mol. The minimum Gasteiger partial charge on any atom is -1.00 e. The van der Waals surface area contributed by atoms with Crippen LogP contribution in [0.25, 0.3) is 0 Å². The molecule has 0 atom stereocenters. The summed E-state index contributed by atoms with van der Waals surface area (Å²) < 4.78 is 0. The van der Waals surface area contributed by atoms with E-state index < -0.39 is 0 Å². The molecule has 3 heteroatoms. The average Bonchev–Trinajstić information content (AvgIpc) is 2.25. The average molecular weight is 268 g/mol. The summed E-state index contributed by atoms with van der Waals surface area (Å²) in [6.07, 6.45) is 15.3. The van der Waals surface area contributed by atoms with Crippen molar-refractivity contribution in [3.05, 3.63) is 0 Å². The van der Waals surface area contributed by atoms with Gasteiger partial charge in [-0.05, 0) is 6.42 Å². The van der Waals surface area contributed by atoms with Gasteiger partial charge in [-0.25, -0.2) is 0 Å². The van der Waals surface area contributed by atoms with Gasteiger partial charge in [0.15, 0.2) is 5.12 Å². The van der Waals surface area contributed by atoms with E-state index in [2.05, 4.69) is 19.6 Å². The third-order valence-corrected chi connectivity index (χ3v) is 3.22. The van der Waals surface area contributed by atoms with E-state index in [4.69, 9.17) is 0 Å². The first-order valence-electron chi connectivity index (χ1n) is 6.99. The molecule has 0 saturated heterocycles. The Morgan fingerprint density at radius 2 is 1.18 bits per heavy atom. The van der Waals surface area contributed by atoms with Crippen LogP contribution in [0.3, 0.4) is 0 Å². The van der Waals surface area contributed by atoms with Gasteiger partial charge in [-0.3, -0.25) is 4.79 Å². The second-order valence-electron chi connectivity index (χ2n) is 4.68. The fraction of sp³-hybridized carbons (Fsp3) is 0.929. The Hall–Kier alpha value is 1.02. The number of hydrogen-bond acceptors (Lipinski definition) is 1. The monoisotopic (exact) mass is 268 g/mol. The molecule has 0 saturated carbocycles. The van der Waals surface area contributed by atoms with Crippen molar-refractivity contribution in [2.24, 2.45) is 0 Å². The molecule has 0 unspecified atom stereocenters. The Balaban J connectivity index is -0.00000112. The van der Waals surface area contributed by atoms with E-state index in [1.165, 1.54) is 64.2 Å². The van der Waals surface area contributed by atoms with Crippen LogP contribution in [-0.2, 0) is 4.79 Å². The van der Waals surface area contributed by atoms with Gasteiger partial charge in [0.05, 0.1) is 0 Å². The summed E-state index contributed by atoms with van der Waals surface area (Å²) in [5, 5.41) is 0.0379. The van der Waals surface area contributed by atoms with E-state index in [-0.39, 0.29) is 36.1 Å². The van der Waals surface area contributed by atoms with Crippen LogP contribution in [0.4, 0.5) is 0 Å². The predicted octanol–water partition coefficient (Wildman–Crippen LogP) is 2.26. The molecule has 0 aromatic carbocycles. The maximum atomic E-state index is 10.6. The fourth-order valence-electron chi connectivity index (χ4n) is 1.94. The van der Waals surface area contributed by atoms with Gasteiger partial charge in [-0.1, -0.05) is 71.1 Å². The second-order valence-corrected chi connectivity index (χ2v) is 5.18. The van der Waals surface area contributed by atoms with E-state index in [1.807, 2.05) is 0 Å². The number of hydrogen-bond donors (Lipinski definition) is 1. The molecule has 0 spiro atoms. The van der Waals surface area contributed by atoms with Crippen LogP contribution in [0.15, 0.2) is 0 Å². The fourth-order valence-corrected chi connectivity index (χ4v) is 2.10. The molecule has 0 fully saturated rings. The number of thiol groups is 1. The molecule has 0 amide bonds. The Morgan fingerprint density at radius 3 is 1.53 bits per heavy atom. The third-order valence-electron chi connectivity index (χ3n) is 2.99. The van der Waals surface area contributed by atoms with Crippen molar-refractivity contribution in [2.75, 3.05) is 0 Å². The minimum atomic E-state index is 0. The molecule has 0 aliphatic heterocycles. The van der Waals surface area contributed by atoms with Crippen molar-refractivity contribution in [1.29, 1.82) is 0 Å². The SMILES string of the molecule is CCCCCCCCCCCCCC(=O)S.[H-].[Na+]. The normalized spacial score (nSPS) is 10.0. The van der Waals surface area contributed by atoms with Gasteiger partial charge >= 0.3 is 29.6 Å². The van der Waals surface area contributed by atoms with Gasteiger partial charge in [0.2, 0.25) is 0 Å². The summed E-state index contributed by atoms with van der Waals surface area (Å²) in [6.45, 7) is 2.26. The van der Waals surface area contributed by atoms with Gasteiger partial charge < -0.3 is 1.43 Å². The van der Waals surface area contributed by atoms with Crippen LogP contribution in [0, 0.1) is 0 Å². The molecular formula is C14H29NaOS. The van der Waals surface area contributed by atoms with Crippen LogP contribution in [0.5, 0.6) is 0 Å². The zero-order chi connectivity index (χ0) is 12.1. The number of rotatable bonds is 12. The Bertz CT molecular complexity index is 168. The van der Waals surface area contributed by atoms with Crippen molar-refractivity contribution in [3.63, 3.8) is 0 Å². The van der Waals surface area contributed by atoms with Crippen LogP contribution in [0.2, 0.25) is 0 Å². The molecule has 1 nitrogen and oxygen atoms in total. The van der Waals surface area contributed by atoms with Crippen molar-refractivity contribution in [1.82, 2.24) is 0 Å². The minimum absolute atomic E-state index is 0. The van der Waals surface area contributed by atoms with Crippen LogP contribution < -0.4 is 29.6 Å². The maximum Gasteiger partial charge on any atom is 1.00 e. The summed E-state index contributed by atoms with van der Waals surface area (Å²) in [7, 11) is 0. The van der Waals surface area contributed by atoms with Gasteiger partial charge in [-0.2, -0.15) is 0 Å². The second kappa shape index (κ2) is 17.0. The first-order chi connectivity index (χ1) is 7.77. The molecule has 0 aromatic heterocycles. The summed E-state index contributed by atoms with van der Waals surface area (Å²) in [5.74, 6) is 0. The topological polar surface area (TPSA) is 17.1 Å². The Morgan fingerprint density at radius 1 is 0.824 bits per heavy atom. The molecule has 17 heavy (non-hydrogen) atoms. The van der Waals surface area contributed by atoms with E-state index in [0.29, 0.717) is 6.42 Å². The molecule has 0 bridgehead atoms. The van der Waals surface area contributed by atoms with Gasteiger partial charge in [0.1, 0.15) is 0 Å². The summed E-state index contributed by atoms with van der Waals surface area (Å²) in [4.78, 5) is 10.6. The molecule has 0 aliphatic carbocycles. The summed E-state index contributed by atoms with van der Waals surface area (Å²) in [6, 6.07) is 0. The molecule has 0 aromatic rings. The molecule has 0 rings (SSSR count). The van der Waals surface area contributed by atoms with Crippen molar-refractivity contribution < 1.29 is 35.8 Å². The first kappa shape index (κ1) is 20.3. The van der Waals surface area contributed by atoms with Crippen molar-refractivity contribution in [2.45, 2.75) is 84.0 Å². The smallest absolute Gasteiger partial charge is 1.00 e. The Labute approximate surface area is 137 Å². The van der Waals surface area contributed by atoms with E-state index in [1.54, 1.807) is 0 Å². The van der Waals surface area contributed by atoms with E-state index in [9.17, 15) is 4.79 Å². The van der Waals surface area contributed by atoms with Crippen LogP contribution >= 0.6 is 12.6 Å². The number of carbonyl (C=O) groups is 1. The van der Waals surface area contributed by atoms with E-state index in [0.717, 1.165) is 6.42 Å². The Kier molecular flexibility index (Phi) is 20.4. The molecule has 98 valence electrons. The molecule has 0 radical (unpaired) electrons. The van der Waals surface area contributed by atoms with Crippen molar-refractivity contribution in [3.8, 4) is 0 Å². The maximum absolute atomic E-state index is 10.6. The standard InChI is InChI=1S/C14H28OS.Na.H/c1-2-3-4-5-6-7-8-9-10-11-12-13-14(15)16;;/h2-13H2,1H3,(H,15,16);;/q;+1;-1. The molecule has 0 N–H and O–H groups in total.